The summed E-state index contributed by atoms with van der Waals surface area (Å²) in [6, 6.07) is 7.72. The molecule has 3 amide bonds. The van der Waals surface area contributed by atoms with Crippen molar-refractivity contribution in [3.05, 3.63) is 48.4 Å². The predicted molar refractivity (Wildman–Crippen MR) is 103 cm³/mol. The molecule has 146 valence electrons. The second kappa shape index (κ2) is 7.84. The quantitative estimate of drug-likeness (QED) is 0.788. The highest BCUT2D eigenvalue weighted by atomic mass is 16.5. The standard InChI is InChI=1S/C20H23N5O3/c1-15-2-4-16(5-3-15)25-11-10-24(20(25)27)14-19(26)23-9-6-17(13-23)28-18-12-21-7-8-22-18/h2-5,7-8,12,17H,6,9-11,13-14H2,1H3. The number of hydrogen-bond acceptors (Lipinski definition) is 5. The Morgan fingerprint density at radius 2 is 2.00 bits per heavy atom. The summed E-state index contributed by atoms with van der Waals surface area (Å²) >= 11 is 0. The molecule has 1 aromatic carbocycles. The van der Waals surface area contributed by atoms with Crippen molar-refractivity contribution in [3.8, 4) is 5.88 Å². The molecule has 2 fully saturated rings. The smallest absolute Gasteiger partial charge is 0.325 e. The number of carbonyl (C=O) groups is 2. The Hall–Kier alpha value is -3.16. The average molecular weight is 381 g/mol. The van der Waals surface area contributed by atoms with Crippen molar-refractivity contribution in [1.82, 2.24) is 19.8 Å². The third kappa shape index (κ3) is 3.90. The van der Waals surface area contributed by atoms with Gasteiger partial charge >= 0.3 is 6.03 Å². The van der Waals surface area contributed by atoms with Gasteiger partial charge in [0.15, 0.2) is 0 Å². The van der Waals surface area contributed by atoms with Gasteiger partial charge in [0.1, 0.15) is 12.6 Å². The van der Waals surface area contributed by atoms with Crippen molar-refractivity contribution >= 4 is 17.6 Å². The first-order chi connectivity index (χ1) is 13.6. The van der Waals surface area contributed by atoms with Crippen molar-refractivity contribution in [2.75, 3.05) is 37.6 Å². The van der Waals surface area contributed by atoms with Gasteiger partial charge < -0.3 is 14.5 Å². The SMILES string of the molecule is Cc1ccc(N2CCN(CC(=O)N3CCC(Oc4cnccn4)C3)C2=O)cc1. The molecule has 4 rings (SSSR count). The van der Waals surface area contributed by atoms with E-state index in [1.54, 1.807) is 33.3 Å². The average Bonchev–Trinajstić information content (AvgIpc) is 3.31. The summed E-state index contributed by atoms with van der Waals surface area (Å²) in [5.41, 5.74) is 2.01. The molecular formula is C20H23N5O3. The lowest BCUT2D eigenvalue weighted by Gasteiger charge is -2.22. The van der Waals surface area contributed by atoms with Crippen molar-refractivity contribution in [2.24, 2.45) is 0 Å². The zero-order valence-electron chi connectivity index (χ0n) is 15.8. The lowest BCUT2D eigenvalue weighted by Crippen LogP contribution is -2.42. The number of amides is 3. The summed E-state index contributed by atoms with van der Waals surface area (Å²) < 4.78 is 5.78. The van der Waals surface area contributed by atoms with Crippen LogP contribution < -0.4 is 9.64 Å². The number of benzene rings is 1. The molecule has 0 N–H and O–H groups in total. The Morgan fingerprint density at radius 3 is 2.75 bits per heavy atom. The van der Waals surface area contributed by atoms with Crippen LogP contribution in [0.5, 0.6) is 5.88 Å². The maximum atomic E-state index is 12.7. The van der Waals surface area contributed by atoms with E-state index in [0.29, 0.717) is 32.1 Å². The minimum Gasteiger partial charge on any atom is -0.471 e. The minimum absolute atomic E-state index is 0.0515. The zero-order chi connectivity index (χ0) is 19.5. The van der Waals surface area contributed by atoms with Crippen molar-refractivity contribution in [1.29, 1.82) is 0 Å². The molecule has 3 heterocycles. The predicted octanol–water partition coefficient (Wildman–Crippen LogP) is 1.71. The van der Waals surface area contributed by atoms with E-state index in [2.05, 4.69) is 9.97 Å². The van der Waals surface area contributed by atoms with Crippen molar-refractivity contribution in [2.45, 2.75) is 19.4 Å². The molecule has 28 heavy (non-hydrogen) atoms. The van der Waals surface area contributed by atoms with Gasteiger partial charge in [-0.25, -0.2) is 9.78 Å². The minimum atomic E-state index is -0.122. The fraction of sp³-hybridized carbons (Fsp3) is 0.400. The van der Waals surface area contributed by atoms with Crippen LogP contribution in [0.4, 0.5) is 10.5 Å². The Bertz CT molecular complexity index is 843. The van der Waals surface area contributed by atoms with Crippen LogP contribution >= 0.6 is 0 Å². The molecule has 1 unspecified atom stereocenters. The van der Waals surface area contributed by atoms with E-state index in [1.165, 1.54) is 0 Å². The van der Waals surface area contributed by atoms with Crippen LogP contribution in [0.2, 0.25) is 0 Å². The second-order valence-electron chi connectivity index (χ2n) is 7.10. The van der Waals surface area contributed by atoms with E-state index in [-0.39, 0.29) is 24.6 Å². The van der Waals surface area contributed by atoms with Crippen molar-refractivity contribution < 1.29 is 14.3 Å². The zero-order valence-corrected chi connectivity index (χ0v) is 15.8. The van der Waals surface area contributed by atoms with E-state index in [1.807, 2.05) is 31.2 Å². The molecule has 2 aliphatic rings. The maximum absolute atomic E-state index is 12.7. The van der Waals surface area contributed by atoms with Crippen LogP contribution in [-0.2, 0) is 4.79 Å². The first-order valence-electron chi connectivity index (χ1n) is 9.44. The molecule has 0 saturated carbocycles. The maximum Gasteiger partial charge on any atom is 0.325 e. The molecule has 1 aromatic heterocycles. The number of anilines is 1. The van der Waals surface area contributed by atoms with E-state index in [0.717, 1.165) is 17.7 Å². The van der Waals surface area contributed by atoms with Gasteiger partial charge in [0.2, 0.25) is 11.8 Å². The summed E-state index contributed by atoms with van der Waals surface area (Å²) in [7, 11) is 0. The van der Waals surface area contributed by atoms with Gasteiger partial charge in [-0.05, 0) is 19.1 Å². The highest BCUT2D eigenvalue weighted by molar-refractivity contribution is 5.96. The van der Waals surface area contributed by atoms with Gasteiger partial charge in [-0.3, -0.25) is 14.7 Å². The van der Waals surface area contributed by atoms with Gasteiger partial charge in [0, 0.05) is 44.1 Å². The third-order valence-electron chi connectivity index (χ3n) is 5.09. The number of likely N-dealkylation sites (tertiary alicyclic amines) is 1. The van der Waals surface area contributed by atoms with Gasteiger partial charge in [-0.1, -0.05) is 17.7 Å². The molecule has 0 aliphatic carbocycles. The van der Waals surface area contributed by atoms with Gasteiger partial charge in [0.05, 0.1) is 12.7 Å². The molecule has 2 aromatic rings. The van der Waals surface area contributed by atoms with Crippen LogP contribution in [0.3, 0.4) is 0 Å². The summed E-state index contributed by atoms with van der Waals surface area (Å²) in [6.45, 7) is 4.36. The third-order valence-corrected chi connectivity index (χ3v) is 5.09. The number of rotatable bonds is 5. The topological polar surface area (TPSA) is 78.9 Å². The number of aromatic nitrogens is 2. The number of aryl methyl sites for hydroxylation is 1. The molecular weight excluding hydrogens is 358 g/mol. The monoisotopic (exact) mass is 381 g/mol. The van der Waals surface area contributed by atoms with Crippen LogP contribution in [0.15, 0.2) is 42.9 Å². The summed E-state index contributed by atoms with van der Waals surface area (Å²) in [5, 5.41) is 0. The molecule has 8 heteroatoms. The lowest BCUT2D eigenvalue weighted by atomic mass is 10.2. The fourth-order valence-corrected chi connectivity index (χ4v) is 3.52. The first kappa shape index (κ1) is 18.2. The van der Waals surface area contributed by atoms with E-state index in [4.69, 9.17) is 4.74 Å². The van der Waals surface area contributed by atoms with E-state index in [9.17, 15) is 9.59 Å². The summed E-state index contributed by atoms with van der Waals surface area (Å²) in [4.78, 5) is 38.5. The Labute approximate surface area is 163 Å². The molecule has 0 spiro atoms. The number of urea groups is 1. The Morgan fingerprint density at radius 1 is 1.18 bits per heavy atom. The second-order valence-corrected chi connectivity index (χ2v) is 7.10. The van der Waals surface area contributed by atoms with Crippen LogP contribution in [-0.4, -0.2) is 70.5 Å². The molecule has 8 nitrogen and oxygen atoms in total. The molecule has 2 saturated heterocycles. The van der Waals surface area contributed by atoms with Gasteiger partial charge in [0.25, 0.3) is 0 Å². The van der Waals surface area contributed by atoms with Gasteiger partial charge in [-0.2, -0.15) is 0 Å². The molecule has 0 radical (unpaired) electrons. The van der Waals surface area contributed by atoms with Gasteiger partial charge in [-0.15, -0.1) is 0 Å². The van der Waals surface area contributed by atoms with Crippen LogP contribution in [0, 0.1) is 6.92 Å². The molecule has 0 bridgehead atoms. The summed E-state index contributed by atoms with van der Waals surface area (Å²) in [5.74, 6) is 0.412. The highest BCUT2D eigenvalue weighted by Crippen LogP contribution is 2.21. The molecule has 2 aliphatic heterocycles. The van der Waals surface area contributed by atoms with E-state index < -0.39 is 0 Å². The summed E-state index contributed by atoms with van der Waals surface area (Å²) in [6.07, 6.45) is 5.37. The lowest BCUT2D eigenvalue weighted by molar-refractivity contribution is -0.130. The normalized spacial score (nSPS) is 19.4. The number of carbonyl (C=O) groups excluding carboxylic acids is 2. The Kier molecular flexibility index (Phi) is 5.10. The number of ether oxygens (including phenoxy) is 1. The number of nitrogens with zero attached hydrogens (tertiary/aromatic N) is 5. The van der Waals surface area contributed by atoms with Crippen molar-refractivity contribution in [3.63, 3.8) is 0 Å². The molecule has 1 atom stereocenters. The Balaban J connectivity index is 1.30. The van der Waals surface area contributed by atoms with E-state index >= 15 is 0 Å². The van der Waals surface area contributed by atoms with Crippen LogP contribution in [0.25, 0.3) is 0 Å². The fourth-order valence-electron chi connectivity index (χ4n) is 3.52. The first-order valence-corrected chi connectivity index (χ1v) is 9.44. The highest BCUT2D eigenvalue weighted by Gasteiger charge is 2.34. The number of hydrogen-bond donors (Lipinski definition) is 0. The largest absolute Gasteiger partial charge is 0.471 e. The van der Waals surface area contributed by atoms with Crippen LogP contribution in [0.1, 0.15) is 12.0 Å².